The van der Waals surface area contributed by atoms with Crippen molar-refractivity contribution in [3.8, 4) is 0 Å². The molecule has 1 saturated heterocycles. The van der Waals surface area contributed by atoms with Crippen LogP contribution in [0.25, 0.3) is 10.9 Å². The standard InChI is InChI=1S/C20H16Cl2F2N4O2/c1-10(29)28-5-4-20(8-28,16-14(23)3-2-13(21)17(16)22)27-11-6-12-18(15(24)7-11)25-9-26-19(12)30/h2-3,6-7,9,27H,4-5,8H2,1H3,(H,25,26,30)/t20-/m1/s1. The first-order chi connectivity index (χ1) is 14.2. The van der Waals surface area contributed by atoms with E-state index < -0.39 is 22.7 Å². The molecular weight excluding hydrogens is 437 g/mol. The van der Waals surface area contributed by atoms with Crippen LogP contribution in [0.5, 0.6) is 0 Å². The van der Waals surface area contributed by atoms with Crippen LogP contribution in [-0.2, 0) is 10.3 Å². The molecule has 1 atom stereocenters. The number of carbonyl (C=O) groups is 1. The number of benzene rings is 2. The number of nitrogens with one attached hydrogen (secondary N) is 2. The van der Waals surface area contributed by atoms with E-state index in [1.807, 2.05) is 0 Å². The largest absolute Gasteiger partial charge is 0.373 e. The van der Waals surface area contributed by atoms with Gasteiger partial charge in [-0.05, 0) is 30.7 Å². The van der Waals surface area contributed by atoms with Gasteiger partial charge in [0.2, 0.25) is 5.91 Å². The quantitative estimate of drug-likeness (QED) is 0.587. The molecule has 1 aliphatic rings. The van der Waals surface area contributed by atoms with Crippen molar-refractivity contribution in [1.29, 1.82) is 0 Å². The smallest absolute Gasteiger partial charge is 0.258 e. The van der Waals surface area contributed by atoms with Gasteiger partial charge in [0.15, 0.2) is 5.82 Å². The third kappa shape index (κ3) is 3.40. The summed E-state index contributed by atoms with van der Waals surface area (Å²) in [5.74, 6) is -1.51. The van der Waals surface area contributed by atoms with Crippen molar-refractivity contribution >= 4 is 45.7 Å². The van der Waals surface area contributed by atoms with Crippen LogP contribution >= 0.6 is 23.2 Å². The first kappa shape index (κ1) is 20.6. The average Bonchev–Trinajstić information content (AvgIpc) is 3.11. The van der Waals surface area contributed by atoms with Gasteiger partial charge in [-0.25, -0.2) is 13.8 Å². The molecule has 3 aromatic rings. The number of rotatable bonds is 3. The molecule has 2 heterocycles. The molecule has 30 heavy (non-hydrogen) atoms. The predicted molar refractivity (Wildman–Crippen MR) is 111 cm³/mol. The predicted octanol–water partition coefficient (Wildman–Crippen LogP) is 4.07. The summed E-state index contributed by atoms with van der Waals surface area (Å²) in [6, 6.07) is 5.14. The van der Waals surface area contributed by atoms with Gasteiger partial charge >= 0.3 is 0 Å². The van der Waals surface area contributed by atoms with Gasteiger partial charge in [-0.2, -0.15) is 0 Å². The number of anilines is 1. The molecule has 2 N–H and O–H groups in total. The Morgan fingerprint density at radius 2 is 2.03 bits per heavy atom. The maximum atomic E-state index is 14.9. The van der Waals surface area contributed by atoms with Crippen molar-refractivity contribution in [1.82, 2.24) is 14.9 Å². The van der Waals surface area contributed by atoms with Gasteiger partial charge in [0.05, 0.1) is 27.3 Å². The molecule has 2 aromatic carbocycles. The van der Waals surface area contributed by atoms with E-state index in [0.717, 1.165) is 6.33 Å². The molecule has 156 valence electrons. The lowest BCUT2D eigenvalue weighted by atomic mass is 9.87. The highest BCUT2D eigenvalue weighted by atomic mass is 35.5. The zero-order valence-corrected chi connectivity index (χ0v) is 17.2. The van der Waals surface area contributed by atoms with E-state index in [4.69, 9.17) is 23.2 Å². The summed E-state index contributed by atoms with van der Waals surface area (Å²) < 4.78 is 29.5. The maximum absolute atomic E-state index is 14.9. The van der Waals surface area contributed by atoms with Gasteiger partial charge in [-0.3, -0.25) is 9.59 Å². The van der Waals surface area contributed by atoms with Crippen LogP contribution < -0.4 is 10.9 Å². The van der Waals surface area contributed by atoms with Crippen LogP contribution in [0.4, 0.5) is 14.5 Å². The van der Waals surface area contributed by atoms with Crippen LogP contribution in [0.15, 0.2) is 35.4 Å². The molecule has 0 bridgehead atoms. The fraction of sp³-hybridized carbons (Fsp3) is 0.250. The van der Waals surface area contributed by atoms with Crippen molar-refractivity contribution in [2.24, 2.45) is 0 Å². The van der Waals surface area contributed by atoms with Crippen molar-refractivity contribution in [2.45, 2.75) is 18.9 Å². The Balaban J connectivity index is 1.88. The topological polar surface area (TPSA) is 78.1 Å². The Hall–Kier alpha value is -2.71. The number of halogens is 4. The zero-order chi connectivity index (χ0) is 21.6. The van der Waals surface area contributed by atoms with Crippen LogP contribution in [0.1, 0.15) is 18.9 Å². The van der Waals surface area contributed by atoms with E-state index in [1.165, 1.54) is 36.1 Å². The molecule has 1 aliphatic heterocycles. The SMILES string of the molecule is CC(=O)N1CC[C@](Nc2cc(F)c3nc[nH]c(=O)c3c2)(c2c(F)ccc(Cl)c2Cl)C1. The summed E-state index contributed by atoms with van der Waals surface area (Å²) in [6.07, 6.45) is 1.41. The molecule has 0 saturated carbocycles. The molecule has 4 rings (SSSR count). The third-order valence-corrected chi connectivity index (χ3v) is 6.12. The number of amides is 1. The minimum absolute atomic E-state index is 0.00958. The number of aromatic nitrogens is 2. The van der Waals surface area contributed by atoms with Gasteiger partial charge in [-0.1, -0.05) is 23.2 Å². The minimum atomic E-state index is -1.17. The summed E-state index contributed by atoms with van der Waals surface area (Å²) in [5, 5.41) is 3.33. The second-order valence-corrected chi connectivity index (χ2v) is 7.99. The molecule has 6 nitrogen and oxygen atoms in total. The van der Waals surface area contributed by atoms with Gasteiger partial charge in [0.25, 0.3) is 5.56 Å². The Morgan fingerprint density at radius 3 is 2.73 bits per heavy atom. The second-order valence-electron chi connectivity index (χ2n) is 7.20. The van der Waals surface area contributed by atoms with Crippen molar-refractivity contribution in [2.75, 3.05) is 18.4 Å². The van der Waals surface area contributed by atoms with Gasteiger partial charge in [-0.15, -0.1) is 0 Å². The van der Waals surface area contributed by atoms with Gasteiger partial charge in [0, 0.05) is 31.3 Å². The Bertz CT molecular complexity index is 1230. The zero-order valence-electron chi connectivity index (χ0n) is 15.7. The normalized spacial score (nSPS) is 18.8. The molecule has 1 amide bonds. The fourth-order valence-corrected chi connectivity index (χ4v) is 4.39. The highest BCUT2D eigenvalue weighted by Crippen LogP contribution is 2.43. The Labute approximate surface area is 179 Å². The summed E-state index contributed by atoms with van der Waals surface area (Å²) in [6.45, 7) is 1.83. The summed E-state index contributed by atoms with van der Waals surface area (Å²) >= 11 is 12.5. The van der Waals surface area contributed by atoms with E-state index in [1.54, 1.807) is 0 Å². The third-order valence-electron chi connectivity index (χ3n) is 5.32. The van der Waals surface area contributed by atoms with Crippen LogP contribution in [0.2, 0.25) is 10.0 Å². The molecular formula is C20H16Cl2F2N4O2. The Morgan fingerprint density at radius 1 is 1.27 bits per heavy atom. The summed E-state index contributed by atoms with van der Waals surface area (Å²) in [5.41, 5.74) is -1.46. The summed E-state index contributed by atoms with van der Waals surface area (Å²) in [7, 11) is 0. The molecule has 0 aliphatic carbocycles. The monoisotopic (exact) mass is 452 g/mol. The molecule has 0 radical (unpaired) electrons. The second kappa shape index (κ2) is 7.52. The molecule has 1 fully saturated rings. The van der Waals surface area contributed by atoms with Crippen molar-refractivity contribution < 1.29 is 13.6 Å². The lowest BCUT2D eigenvalue weighted by molar-refractivity contribution is -0.127. The van der Waals surface area contributed by atoms with E-state index in [0.29, 0.717) is 13.0 Å². The van der Waals surface area contributed by atoms with Gasteiger partial charge in [0.1, 0.15) is 11.3 Å². The minimum Gasteiger partial charge on any atom is -0.373 e. The van der Waals surface area contributed by atoms with Gasteiger partial charge < -0.3 is 15.2 Å². The highest BCUT2D eigenvalue weighted by molar-refractivity contribution is 6.42. The highest BCUT2D eigenvalue weighted by Gasteiger charge is 2.44. The Kier molecular flexibility index (Phi) is 5.15. The lowest BCUT2D eigenvalue weighted by Crippen LogP contribution is -2.41. The van der Waals surface area contributed by atoms with E-state index in [2.05, 4.69) is 15.3 Å². The molecule has 0 spiro atoms. The maximum Gasteiger partial charge on any atom is 0.258 e. The molecule has 10 heteroatoms. The van der Waals surface area contributed by atoms with E-state index >= 15 is 0 Å². The first-order valence-corrected chi connectivity index (χ1v) is 9.82. The van der Waals surface area contributed by atoms with Crippen molar-refractivity contribution in [3.05, 3.63) is 68.2 Å². The number of carbonyl (C=O) groups excluding carboxylic acids is 1. The number of fused-ring (bicyclic) bond motifs is 1. The number of hydrogen-bond acceptors (Lipinski definition) is 4. The van der Waals surface area contributed by atoms with E-state index in [-0.39, 0.29) is 44.7 Å². The number of H-pyrrole nitrogens is 1. The number of nitrogens with zero attached hydrogens (tertiary/aromatic N) is 2. The number of likely N-dealkylation sites (tertiary alicyclic amines) is 1. The molecule has 1 aromatic heterocycles. The summed E-state index contributed by atoms with van der Waals surface area (Å²) in [4.78, 5) is 31.9. The van der Waals surface area contributed by atoms with Crippen molar-refractivity contribution in [3.63, 3.8) is 0 Å². The number of aromatic amines is 1. The molecule has 0 unspecified atom stereocenters. The first-order valence-electron chi connectivity index (χ1n) is 9.06. The fourth-order valence-electron chi connectivity index (χ4n) is 3.90. The van der Waals surface area contributed by atoms with Crippen LogP contribution in [0.3, 0.4) is 0 Å². The van der Waals surface area contributed by atoms with Crippen LogP contribution in [0, 0.1) is 11.6 Å². The lowest BCUT2D eigenvalue weighted by Gasteiger charge is -2.33. The average molecular weight is 453 g/mol. The van der Waals surface area contributed by atoms with E-state index in [9.17, 15) is 18.4 Å². The number of hydrogen-bond donors (Lipinski definition) is 2. The van der Waals surface area contributed by atoms with Crippen LogP contribution in [-0.4, -0.2) is 33.9 Å².